The van der Waals surface area contributed by atoms with E-state index >= 15 is 0 Å². The van der Waals surface area contributed by atoms with Crippen molar-refractivity contribution >= 4 is 5.91 Å². The fourth-order valence-corrected chi connectivity index (χ4v) is 3.65. The molecule has 28 heavy (non-hydrogen) atoms. The smallest absolute Gasteiger partial charge is 0.255 e. The second-order valence-corrected chi connectivity index (χ2v) is 7.52. The Balaban J connectivity index is 1.45. The summed E-state index contributed by atoms with van der Waals surface area (Å²) in [5.74, 6) is 0.0551. The van der Waals surface area contributed by atoms with Crippen molar-refractivity contribution in [2.75, 3.05) is 13.1 Å². The van der Waals surface area contributed by atoms with Crippen LogP contribution in [-0.4, -0.2) is 48.6 Å². The molecule has 1 atom stereocenters. The molecule has 4 rings (SSSR count). The zero-order chi connectivity index (χ0) is 19.8. The summed E-state index contributed by atoms with van der Waals surface area (Å²) in [6.07, 6.45) is 1.12. The molecule has 0 spiro atoms. The lowest BCUT2D eigenvalue weighted by atomic mass is 10.1. The maximum atomic E-state index is 13.0. The highest BCUT2D eigenvalue weighted by molar-refractivity contribution is 5.96. The molecular formula is C21H25N5O2. The van der Waals surface area contributed by atoms with Crippen molar-refractivity contribution in [1.82, 2.24) is 24.5 Å². The van der Waals surface area contributed by atoms with Crippen LogP contribution in [0.1, 0.15) is 52.1 Å². The number of aryl methyl sites for hydroxylation is 1. The third kappa shape index (κ3) is 3.33. The number of hydrogen-bond donors (Lipinski definition) is 1. The van der Waals surface area contributed by atoms with Crippen LogP contribution in [0, 0.1) is 13.8 Å². The summed E-state index contributed by atoms with van der Waals surface area (Å²) >= 11 is 0. The van der Waals surface area contributed by atoms with Gasteiger partial charge in [0, 0.05) is 31.0 Å². The van der Waals surface area contributed by atoms with Gasteiger partial charge in [-0.3, -0.25) is 4.79 Å². The van der Waals surface area contributed by atoms with Crippen molar-refractivity contribution < 1.29 is 9.90 Å². The maximum absolute atomic E-state index is 13.0. The number of aliphatic hydroxyl groups is 1. The molecular weight excluding hydrogens is 354 g/mol. The minimum Gasteiger partial charge on any atom is -0.387 e. The zero-order valence-electron chi connectivity index (χ0n) is 16.4. The van der Waals surface area contributed by atoms with Gasteiger partial charge in [-0.2, -0.15) is 0 Å². The van der Waals surface area contributed by atoms with Crippen molar-refractivity contribution in [3.63, 3.8) is 0 Å². The van der Waals surface area contributed by atoms with Gasteiger partial charge in [-0.25, -0.2) is 4.68 Å². The van der Waals surface area contributed by atoms with E-state index in [1.54, 1.807) is 17.8 Å². The van der Waals surface area contributed by atoms with Gasteiger partial charge in [0.25, 0.3) is 5.91 Å². The van der Waals surface area contributed by atoms with E-state index in [0.29, 0.717) is 18.8 Å². The van der Waals surface area contributed by atoms with Crippen LogP contribution in [0.4, 0.5) is 0 Å². The van der Waals surface area contributed by atoms with Crippen LogP contribution in [0.25, 0.3) is 0 Å². The molecule has 3 aromatic rings. The Morgan fingerprint density at radius 2 is 1.96 bits per heavy atom. The van der Waals surface area contributed by atoms with Crippen molar-refractivity contribution in [3.05, 3.63) is 70.8 Å². The first kappa shape index (κ1) is 18.4. The van der Waals surface area contributed by atoms with Gasteiger partial charge in [-0.1, -0.05) is 35.5 Å². The predicted molar refractivity (Wildman–Crippen MR) is 105 cm³/mol. The highest BCUT2D eigenvalue weighted by atomic mass is 16.3. The molecule has 2 aromatic heterocycles. The Morgan fingerprint density at radius 1 is 1.25 bits per heavy atom. The largest absolute Gasteiger partial charge is 0.387 e. The first-order valence-electron chi connectivity index (χ1n) is 9.53. The molecule has 1 N–H and O–H groups in total. The van der Waals surface area contributed by atoms with E-state index in [2.05, 4.69) is 27.0 Å². The molecule has 7 heteroatoms. The van der Waals surface area contributed by atoms with E-state index in [4.69, 9.17) is 0 Å². The highest BCUT2D eigenvalue weighted by Gasteiger charge is 2.34. The van der Waals surface area contributed by atoms with Gasteiger partial charge in [0.1, 0.15) is 5.69 Å². The molecule has 1 aliphatic heterocycles. The van der Waals surface area contributed by atoms with Gasteiger partial charge >= 0.3 is 0 Å². The van der Waals surface area contributed by atoms with Crippen LogP contribution in [0.5, 0.6) is 0 Å². The third-order valence-electron chi connectivity index (χ3n) is 5.47. The molecule has 7 nitrogen and oxygen atoms in total. The highest BCUT2D eigenvalue weighted by Crippen LogP contribution is 2.26. The number of aromatic nitrogens is 4. The summed E-state index contributed by atoms with van der Waals surface area (Å²) in [4.78, 5) is 14.8. The summed E-state index contributed by atoms with van der Waals surface area (Å²) in [6.45, 7) is 7.67. The third-order valence-corrected chi connectivity index (χ3v) is 5.47. The first-order valence-corrected chi connectivity index (χ1v) is 9.53. The standard InChI is InChI=1S/C21H25N5O2/c1-14-9-19(15(2)25(14)10-17-7-5-4-6-8-17)21(28)24-11-18(12-24)26-13-20(16(3)27)22-23-26/h4-9,13,16,18,27H,10-12H2,1-3H3. The molecule has 1 aromatic carbocycles. The molecule has 0 bridgehead atoms. The van der Waals surface area contributed by atoms with Crippen LogP contribution in [0.15, 0.2) is 42.6 Å². The number of hydrogen-bond acceptors (Lipinski definition) is 4. The van der Waals surface area contributed by atoms with Crippen molar-refractivity contribution in [3.8, 4) is 0 Å². The quantitative estimate of drug-likeness (QED) is 0.739. The Kier molecular flexibility index (Phi) is 4.77. The number of benzene rings is 1. The maximum Gasteiger partial charge on any atom is 0.255 e. The van der Waals surface area contributed by atoms with Gasteiger partial charge in [-0.05, 0) is 32.4 Å². The Hall–Kier alpha value is -2.93. The van der Waals surface area contributed by atoms with E-state index < -0.39 is 6.10 Å². The SMILES string of the molecule is Cc1cc(C(=O)N2CC(n3cc(C(C)O)nn3)C2)c(C)n1Cc1ccccc1. The van der Waals surface area contributed by atoms with E-state index in [1.165, 1.54) is 5.56 Å². The number of likely N-dealkylation sites (tertiary alicyclic amines) is 1. The summed E-state index contributed by atoms with van der Waals surface area (Å²) in [7, 11) is 0. The molecule has 146 valence electrons. The van der Waals surface area contributed by atoms with Crippen molar-refractivity contribution in [1.29, 1.82) is 0 Å². The lowest BCUT2D eigenvalue weighted by molar-refractivity contribution is 0.0497. The lowest BCUT2D eigenvalue weighted by Crippen LogP contribution is -2.51. The molecule has 0 saturated carbocycles. The molecule has 1 saturated heterocycles. The minimum absolute atomic E-state index is 0.0551. The van der Waals surface area contributed by atoms with E-state index in [0.717, 1.165) is 23.5 Å². The summed E-state index contributed by atoms with van der Waals surface area (Å²) in [5, 5.41) is 17.6. The van der Waals surface area contributed by atoms with Gasteiger partial charge < -0.3 is 14.6 Å². The van der Waals surface area contributed by atoms with Crippen LogP contribution in [-0.2, 0) is 6.54 Å². The summed E-state index contributed by atoms with van der Waals surface area (Å²) in [6, 6.07) is 12.4. The van der Waals surface area contributed by atoms with Crippen LogP contribution < -0.4 is 0 Å². The van der Waals surface area contributed by atoms with E-state index in [-0.39, 0.29) is 11.9 Å². The van der Waals surface area contributed by atoms with Crippen molar-refractivity contribution in [2.24, 2.45) is 0 Å². The normalized spacial score (nSPS) is 15.5. The Bertz CT molecular complexity index is 984. The Morgan fingerprint density at radius 3 is 2.61 bits per heavy atom. The van der Waals surface area contributed by atoms with Gasteiger partial charge in [0.2, 0.25) is 0 Å². The molecule has 3 heterocycles. The molecule has 0 aliphatic carbocycles. The summed E-state index contributed by atoms with van der Waals surface area (Å²) < 4.78 is 3.93. The topological polar surface area (TPSA) is 76.2 Å². The molecule has 0 radical (unpaired) electrons. The zero-order valence-corrected chi connectivity index (χ0v) is 16.4. The van der Waals surface area contributed by atoms with Crippen LogP contribution >= 0.6 is 0 Å². The number of nitrogens with zero attached hydrogens (tertiary/aromatic N) is 5. The minimum atomic E-state index is -0.637. The van der Waals surface area contributed by atoms with Crippen LogP contribution in [0.2, 0.25) is 0 Å². The van der Waals surface area contributed by atoms with Gasteiger partial charge in [-0.15, -0.1) is 5.10 Å². The fourth-order valence-electron chi connectivity index (χ4n) is 3.65. The predicted octanol–water partition coefficient (Wildman–Crippen LogP) is 2.50. The molecule has 1 unspecified atom stereocenters. The average molecular weight is 379 g/mol. The number of rotatable bonds is 5. The molecule has 1 fully saturated rings. The van der Waals surface area contributed by atoms with Crippen LogP contribution in [0.3, 0.4) is 0 Å². The molecule has 1 amide bonds. The van der Waals surface area contributed by atoms with Gasteiger partial charge in [0.15, 0.2) is 0 Å². The van der Waals surface area contributed by atoms with E-state index in [9.17, 15) is 9.90 Å². The number of amides is 1. The second-order valence-electron chi connectivity index (χ2n) is 7.52. The number of carbonyl (C=O) groups excluding carboxylic acids is 1. The lowest BCUT2D eigenvalue weighted by Gasteiger charge is -2.38. The monoisotopic (exact) mass is 379 g/mol. The van der Waals surface area contributed by atoms with Gasteiger partial charge in [0.05, 0.1) is 23.9 Å². The second kappa shape index (κ2) is 7.24. The summed E-state index contributed by atoms with van der Waals surface area (Å²) in [5.41, 5.74) is 4.60. The fraction of sp³-hybridized carbons (Fsp3) is 0.381. The first-order chi connectivity index (χ1) is 13.4. The van der Waals surface area contributed by atoms with E-state index in [1.807, 2.05) is 43.0 Å². The Labute approximate surface area is 164 Å². The number of aliphatic hydroxyl groups excluding tert-OH is 1. The average Bonchev–Trinajstić information content (AvgIpc) is 3.22. The molecule has 1 aliphatic rings. The van der Waals surface area contributed by atoms with Crippen molar-refractivity contribution in [2.45, 2.75) is 39.5 Å². The number of carbonyl (C=O) groups is 1.